The second-order valence-corrected chi connectivity index (χ2v) is 9.66. The first-order chi connectivity index (χ1) is 19.4. The van der Waals surface area contributed by atoms with E-state index in [1.165, 1.54) is 7.11 Å². The molecule has 0 aliphatic heterocycles. The van der Waals surface area contributed by atoms with Crippen LogP contribution in [-0.4, -0.2) is 56.1 Å². The number of anilines is 1. The molecule has 4 aromatic carbocycles. The highest BCUT2D eigenvalue weighted by Crippen LogP contribution is 2.32. The summed E-state index contributed by atoms with van der Waals surface area (Å²) in [6, 6.07) is 34.2. The number of urea groups is 1. The SMILES string of the molecule is COC(=O)c1cc(NC(=O)N(CCN(C)C)Cc2ccccc2)ccc1OC(c1ccccc1)c1ccccc1. The van der Waals surface area contributed by atoms with E-state index in [0.29, 0.717) is 31.1 Å². The fourth-order valence-corrected chi connectivity index (χ4v) is 4.27. The Morgan fingerprint density at radius 3 is 1.90 bits per heavy atom. The lowest BCUT2D eigenvalue weighted by Crippen LogP contribution is -2.39. The standard InChI is InChI=1S/C33H35N3O4/c1-35(2)21-22-36(24-25-13-7-4-8-14-25)33(38)34-28-19-20-30(29(23-28)32(37)39-3)40-31(26-15-9-5-10-16-26)27-17-11-6-12-18-27/h4-20,23,31H,21-22,24H2,1-3H3,(H,34,38). The number of nitrogens with zero attached hydrogens (tertiary/aromatic N) is 2. The van der Waals surface area contributed by atoms with Gasteiger partial charge in [0.05, 0.1) is 7.11 Å². The van der Waals surface area contributed by atoms with Crippen molar-refractivity contribution in [3.8, 4) is 5.75 Å². The molecule has 0 saturated heterocycles. The van der Waals surface area contributed by atoms with Gasteiger partial charge in [0.1, 0.15) is 17.4 Å². The van der Waals surface area contributed by atoms with Gasteiger partial charge in [-0.05, 0) is 49.0 Å². The Morgan fingerprint density at radius 1 is 0.775 bits per heavy atom. The number of rotatable bonds is 11. The fourth-order valence-electron chi connectivity index (χ4n) is 4.27. The van der Waals surface area contributed by atoms with Gasteiger partial charge in [0.15, 0.2) is 0 Å². The Bertz CT molecular complexity index is 1340. The monoisotopic (exact) mass is 537 g/mol. The normalized spacial score (nSPS) is 10.8. The minimum atomic E-state index is -0.556. The highest BCUT2D eigenvalue weighted by molar-refractivity contribution is 5.96. The van der Waals surface area contributed by atoms with Gasteiger partial charge >= 0.3 is 12.0 Å². The van der Waals surface area contributed by atoms with Crippen molar-refractivity contribution in [2.45, 2.75) is 12.6 Å². The van der Waals surface area contributed by atoms with Gasteiger partial charge in [0, 0.05) is 25.3 Å². The molecule has 206 valence electrons. The predicted octanol–water partition coefficient (Wildman–Crippen LogP) is 6.24. The molecule has 40 heavy (non-hydrogen) atoms. The number of amides is 2. The number of ether oxygens (including phenoxy) is 2. The topological polar surface area (TPSA) is 71.1 Å². The molecule has 0 aliphatic carbocycles. The Morgan fingerprint density at radius 2 is 1.35 bits per heavy atom. The zero-order valence-corrected chi connectivity index (χ0v) is 23.1. The molecule has 0 aromatic heterocycles. The van der Waals surface area contributed by atoms with Gasteiger partial charge in [0.2, 0.25) is 0 Å². The van der Waals surface area contributed by atoms with Crippen LogP contribution >= 0.6 is 0 Å². The van der Waals surface area contributed by atoms with Crippen LogP contribution in [-0.2, 0) is 11.3 Å². The molecular weight excluding hydrogens is 502 g/mol. The van der Waals surface area contributed by atoms with Gasteiger partial charge in [0.25, 0.3) is 0 Å². The Hall–Kier alpha value is -4.62. The third-order valence-corrected chi connectivity index (χ3v) is 6.41. The predicted molar refractivity (Wildman–Crippen MR) is 158 cm³/mol. The lowest BCUT2D eigenvalue weighted by atomic mass is 10.0. The number of hydrogen-bond donors (Lipinski definition) is 1. The van der Waals surface area contributed by atoms with Crippen molar-refractivity contribution in [2.75, 3.05) is 39.6 Å². The maximum absolute atomic E-state index is 13.4. The highest BCUT2D eigenvalue weighted by atomic mass is 16.5. The van der Waals surface area contributed by atoms with Crippen molar-refractivity contribution in [1.29, 1.82) is 0 Å². The molecule has 0 fully saturated rings. The van der Waals surface area contributed by atoms with Crippen LogP contribution in [0.5, 0.6) is 5.75 Å². The van der Waals surface area contributed by atoms with E-state index in [4.69, 9.17) is 9.47 Å². The summed E-state index contributed by atoms with van der Waals surface area (Å²) < 4.78 is 11.5. The van der Waals surface area contributed by atoms with Crippen molar-refractivity contribution in [3.05, 3.63) is 131 Å². The quantitative estimate of drug-likeness (QED) is 0.230. The molecule has 0 saturated carbocycles. The average molecular weight is 538 g/mol. The number of methoxy groups -OCH3 is 1. The zero-order valence-electron chi connectivity index (χ0n) is 23.1. The molecule has 0 radical (unpaired) electrons. The summed E-state index contributed by atoms with van der Waals surface area (Å²) in [4.78, 5) is 30.0. The van der Waals surface area contributed by atoms with Crippen molar-refractivity contribution < 1.29 is 19.1 Å². The molecule has 4 rings (SSSR count). The number of esters is 1. The van der Waals surface area contributed by atoms with Gasteiger partial charge in [-0.2, -0.15) is 0 Å². The summed E-state index contributed by atoms with van der Waals surface area (Å²) in [6.07, 6.45) is -0.446. The first-order valence-electron chi connectivity index (χ1n) is 13.2. The molecule has 7 nitrogen and oxygen atoms in total. The maximum atomic E-state index is 13.4. The third kappa shape index (κ3) is 7.71. The third-order valence-electron chi connectivity index (χ3n) is 6.41. The van der Waals surface area contributed by atoms with E-state index in [1.54, 1.807) is 23.1 Å². The van der Waals surface area contributed by atoms with Gasteiger partial charge in [-0.1, -0.05) is 91.0 Å². The molecule has 0 atom stereocenters. The van der Waals surface area contributed by atoms with Gasteiger partial charge < -0.3 is 24.6 Å². The smallest absolute Gasteiger partial charge is 0.341 e. The van der Waals surface area contributed by atoms with Crippen LogP contribution in [0.1, 0.15) is 33.2 Å². The number of likely N-dealkylation sites (N-methyl/N-ethyl adjacent to an activating group) is 1. The Kier molecular flexibility index (Phi) is 9.91. The lowest BCUT2D eigenvalue weighted by Gasteiger charge is -2.25. The average Bonchev–Trinajstić information content (AvgIpc) is 2.99. The van der Waals surface area contributed by atoms with E-state index in [0.717, 1.165) is 16.7 Å². The first kappa shape index (κ1) is 28.4. The van der Waals surface area contributed by atoms with Crippen molar-refractivity contribution in [2.24, 2.45) is 0 Å². The molecular formula is C33H35N3O4. The van der Waals surface area contributed by atoms with Gasteiger partial charge in [-0.25, -0.2) is 9.59 Å². The number of benzene rings is 4. The van der Waals surface area contributed by atoms with Crippen molar-refractivity contribution >= 4 is 17.7 Å². The zero-order chi connectivity index (χ0) is 28.3. The summed E-state index contributed by atoms with van der Waals surface area (Å²) in [7, 11) is 5.27. The van der Waals surface area contributed by atoms with E-state index < -0.39 is 12.1 Å². The van der Waals surface area contributed by atoms with Crippen LogP contribution in [0, 0.1) is 0 Å². The fraction of sp³-hybridized carbons (Fsp3) is 0.212. The minimum absolute atomic E-state index is 0.222. The summed E-state index contributed by atoms with van der Waals surface area (Å²) in [5.41, 5.74) is 3.61. The van der Waals surface area contributed by atoms with E-state index in [2.05, 4.69) is 5.32 Å². The second kappa shape index (κ2) is 14.0. The van der Waals surface area contributed by atoms with E-state index in [-0.39, 0.29) is 11.6 Å². The molecule has 4 aromatic rings. The molecule has 0 aliphatic rings. The Labute approximate surface area is 236 Å². The summed E-state index contributed by atoms with van der Waals surface area (Å²) in [5, 5.41) is 2.95. The largest absolute Gasteiger partial charge is 0.480 e. The number of hydrogen-bond acceptors (Lipinski definition) is 5. The minimum Gasteiger partial charge on any atom is -0.480 e. The summed E-state index contributed by atoms with van der Waals surface area (Å²) in [6.45, 7) is 1.71. The summed E-state index contributed by atoms with van der Waals surface area (Å²) >= 11 is 0. The number of nitrogens with one attached hydrogen (secondary N) is 1. The van der Waals surface area contributed by atoms with Gasteiger partial charge in [-0.15, -0.1) is 0 Å². The van der Waals surface area contributed by atoms with Crippen LogP contribution in [0.4, 0.5) is 10.5 Å². The van der Waals surface area contributed by atoms with Crippen molar-refractivity contribution in [3.63, 3.8) is 0 Å². The summed E-state index contributed by atoms with van der Waals surface area (Å²) in [5.74, 6) is -0.198. The van der Waals surface area contributed by atoms with E-state index >= 15 is 0 Å². The number of carbonyl (C=O) groups is 2. The maximum Gasteiger partial charge on any atom is 0.341 e. The highest BCUT2D eigenvalue weighted by Gasteiger charge is 2.22. The van der Waals surface area contributed by atoms with E-state index in [9.17, 15) is 9.59 Å². The number of carbonyl (C=O) groups excluding carboxylic acids is 2. The molecule has 7 heteroatoms. The lowest BCUT2D eigenvalue weighted by molar-refractivity contribution is 0.0594. The van der Waals surface area contributed by atoms with Crippen LogP contribution in [0.15, 0.2) is 109 Å². The molecule has 1 N–H and O–H groups in total. The Balaban J connectivity index is 1.60. The van der Waals surface area contributed by atoms with Crippen LogP contribution in [0.2, 0.25) is 0 Å². The molecule has 0 spiro atoms. The van der Waals surface area contributed by atoms with Crippen molar-refractivity contribution in [1.82, 2.24) is 9.80 Å². The van der Waals surface area contributed by atoms with Crippen LogP contribution < -0.4 is 10.1 Å². The molecule has 0 bridgehead atoms. The van der Waals surface area contributed by atoms with Gasteiger partial charge in [-0.3, -0.25) is 0 Å². The van der Waals surface area contributed by atoms with Crippen LogP contribution in [0.3, 0.4) is 0 Å². The first-order valence-corrected chi connectivity index (χ1v) is 13.2. The molecule has 0 unspecified atom stereocenters. The van der Waals surface area contributed by atoms with E-state index in [1.807, 2.05) is 110 Å². The molecule has 2 amide bonds. The molecule has 0 heterocycles. The van der Waals surface area contributed by atoms with Crippen LogP contribution in [0.25, 0.3) is 0 Å². The second-order valence-electron chi connectivity index (χ2n) is 9.66.